The molecule has 3 nitrogen and oxygen atoms in total. The zero-order valence-electron chi connectivity index (χ0n) is 14.7. The van der Waals surface area contributed by atoms with E-state index in [1.54, 1.807) is 12.1 Å². The van der Waals surface area contributed by atoms with E-state index in [0.29, 0.717) is 19.8 Å². The van der Waals surface area contributed by atoms with Gasteiger partial charge in [0.1, 0.15) is 12.4 Å². The molecule has 0 radical (unpaired) electrons. The van der Waals surface area contributed by atoms with Crippen LogP contribution in [0.4, 0.5) is 10.1 Å². The summed E-state index contributed by atoms with van der Waals surface area (Å²) < 4.78 is 24.9. The lowest BCUT2D eigenvalue weighted by atomic mass is 10.1. The van der Waals surface area contributed by atoms with Gasteiger partial charge in [-0.05, 0) is 42.8 Å². The second-order valence-electron chi connectivity index (χ2n) is 5.81. The van der Waals surface area contributed by atoms with E-state index in [1.165, 1.54) is 12.1 Å². The molecule has 0 spiro atoms. The number of benzene rings is 3. The van der Waals surface area contributed by atoms with Crippen molar-refractivity contribution in [1.29, 1.82) is 0 Å². The number of nitrogens with one attached hydrogen (secondary N) is 1. The molecule has 0 aliphatic rings. The van der Waals surface area contributed by atoms with Gasteiger partial charge in [0.2, 0.25) is 0 Å². The van der Waals surface area contributed by atoms with E-state index in [0.717, 1.165) is 28.3 Å². The van der Waals surface area contributed by atoms with Crippen LogP contribution in [-0.2, 0) is 13.2 Å². The summed E-state index contributed by atoms with van der Waals surface area (Å²) >= 11 is 0. The van der Waals surface area contributed by atoms with E-state index < -0.39 is 0 Å². The number of para-hydroxylation sites is 1. The van der Waals surface area contributed by atoms with Crippen molar-refractivity contribution in [3.8, 4) is 11.5 Å². The molecule has 0 fully saturated rings. The van der Waals surface area contributed by atoms with Gasteiger partial charge < -0.3 is 14.8 Å². The topological polar surface area (TPSA) is 30.5 Å². The van der Waals surface area contributed by atoms with Crippen LogP contribution in [0, 0.1) is 5.82 Å². The van der Waals surface area contributed by atoms with Crippen LogP contribution in [0.3, 0.4) is 0 Å². The summed E-state index contributed by atoms with van der Waals surface area (Å²) in [5.41, 5.74) is 2.93. The molecule has 3 aromatic carbocycles. The molecule has 0 bridgehead atoms. The number of hydrogen-bond acceptors (Lipinski definition) is 3. The van der Waals surface area contributed by atoms with Crippen LogP contribution in [-0.4, -0.2) is 6.61 Å². The fraction of sp³-hybridized carbons (Fsp3) is 0.182. The van der Waals surface area contributed by atoms with Gasteiger partial charge in [-0.25, -0.2) is 4.39 Å². The Morgan fingerprint density at radius 2 is 1.62 bits per heavy atom. The first-order valence-electron chi connectivity index (χ1n) is 8.67. The average Bonchev–Trinajstić information content (AvgIpc) is 2.68. The first kappa shape index (κ1) is 17.8. The molecule has 0 aromatic heterocycles. The third-order valence-electron chi connectivity index (χ3n) is 3.91. The molecule has 26 heavy (non-hydrogen) atoms. The van der Waals surface area contributed by atoms with Crippen LogP contribution >= 0.6 is 0 Å². The predicted octanol–water partition coefficient (Wildman–Crippen LogP) is 5.42. The molecule has 1 N–H and O–H groups in total. The van der Waals surface area contributed by atoms with Crippen LogP contribution in [0.15, 0.2) is 72.8 Å². The smallest absolute Gasteiger partial charge is 0.166 e. The summed E-state index contributed by atoms with van der Waals surface area (Å²) in [6.45, 7) is 3.53. The number of rotatable bonds is 8. The molecule has 0 unspecified atom stereocenters. The van der Waals surface area contributed by atoms with E-state index in [9.17, 15) is 4.39 Å². The maximum atomic E-state index is 13.0. The quantitative estimate of drug-likeness (QED) is 0.588. The molecule has 4 heteroatoms. The van der Waals surface area contributed by atoms with Crippen molar-refractivity contribution < 1.29 is 13.9 Å². The van der Waals surface area contributed by atoms with Crippen molar-refractivity contribution in [3.63, 3.8) is 0 Å². The monoisotopic (exact) mass is 351 g/mol. The molecule has 3 rings (SSSR count). The van der Waals surface area contributed by atoms with Crippen LogP contribution in [0.25, 0.3) is 0 Å². The van der Waals surface area contributed by atoms with Crippen molar-refractivity contribution in [3.05, 3.63) is 89.7 Å². The van der Waals surface area contributed by atoms with Crippen molar-refractivity contribution in [2.45, 2.75) is 20.1 Å². The lowest BCUT2D eigenvalue weighted by Crippen LogP contribution is -2.06. The van der Waals surface area contributed by atoms with Crippen LogP contribution in [0.5, 0.6) is 11.5 Å². The molecular weight excluding hydrogens is 329 g/mol. The van der Waals surface area contributed by atoms with Gasteiger partial charge in [-0.2, -0.15) is 0 Å². The minimum absolute atomic E-state index is 0.249. The molecular formula is C22H22FNO2. The Morgan fingerprint density at radius 1 is 0.846 bits per heavy atom. The first-order chi connectivity index (χ1) is 12.8. The highest BCUT2D eigenvalue weighted by Crippen LogP contribution is 2.32. The fourth-order valence-electron chi connectivity index (χ4n) is 2.63. The molecule has 0 saturated carbocycles. The van der Waals surface area contributed by atoms with Crippen LogP contribution < -0.4 is 14.8 Å². The van der Waals surface area contributed by atoms with E-state index >= 15 is 0 Å². The minimum atomic E-state index is -0.249. The normalized spacial score (nSPS) is 10.4. The third kappa shape index (κ3) is 4.76. The summed E-state index contributed by atoms with van der Waals surface area (Å²) in [4.78, 5) is 0. The zero-order valence-corrected chi connectivity index (χ0v) is 14.7. The zero-order chi connectivity index (χ0) is 18.2. The molecule has 0 amide bonds. The number of anilines is 1. The Bertz CT molecular complexity index is 819. The lowest BCUT2D eigenvalue weighted by molar-refractivity contribution is 0.267. The van der Waals surface area contributed by atoms with Gasteiger partial charge in [0.15, 0.2) is 11.5 Å². The largest absolute Gasteiger partial charge is 0.490 e. The van der Waals surface area contributed by atoms with Crippen molar-refractivity contribution >= 4 is 5.69 Å². The summed E-state index contributed by atoms with van der Waals surface area (Å²) in [7, 11) is 0. The second kappa shape index (κ2) is 8.90. The van der Waals surface area contributed by atoms with Gasteiger partial charge >= 0.3 is 0 Å². The van der Waals surface area contributed by atoms with E-state index in [2.05, 4.69) is 5.32 Å². The summed E-state index contributed by atoms with van der Waals surface area (Å²) in [5, 5.41) is 3.29. The highest BCUT2D eigenvalue weighted by Gasteiger charge is 2.11. The second-order valence-corrected chi connectivity index (χ2v) is 5.81. The first-order valence-corrected chi connectivity index (χ1v) is 8.67. The van der Waals surface area contributed by atoms with Gasteiger partial charge in [0.05, 0.1) is 6.61 Å². The number of halogens is 1. The van der Waals surface area contributed by atoms with E-state index in [1.807, 2.05) is 55.5 Å². The Kier molecular flexibility index (Phi) is 6.09. The molecule has 0 aliphatic carbocycles. The predicted molar refractivity (Wildman–Crippen MR) is 102 cm³/mol. The van der Waals surface area contributed by atoms with Crippen molar-refractivity contribution in [1.82, 2.24) is 0 Å². The molecule has 0 heterocycles. The van der Waals surface area contributed by atoms with Gasteiger partial charge in [0, 0.05) is 17.8 Å². The minimum Gasteiger partial charge on any atom is -0.490 e. The summed E-state index contributed by atoms with van der Waals surface area (Å²) in [6, 6.07) is 22.2. The standard InChI is InChI=1S/C22H22FNO2/c1-2-25-21-10-6-9-18(15-24-20-13-11-19(23)12-14-20)22(21)26-16-17-7-4-3-5-8-17/h3-14,24H,2,15-16H2,1H3. The summed E-state index contributed by atoms with van der Waals surface area (Å²) in [6.07, 6.45) is 0. The molecule has 134 valence electrons. The Balaban J connectivity index is 1.76. The molecule has 0 aliphatic heterocycles. The highest BCUT2D eigenvalue weighted by atomic mass is 19.1. The van der Waals surface area contributed by atoms with Crippen LogP contribution in [0.1, 0.15) is 18.1 Å². The SMILES string of the molecule is CCOc1cccc(CNc2ccc(F)cc2)c1OCc1ccccc1. The van der Waals surface area contributed by atoms with Crippen LogP contribution in [0.2, 0.25) is 0 Å². The molecule has 0 atom stereocenters. The molecule has 0 saturated heterocycles. The van der Waals surface area contributed by atoms with Gasteiger partial charge in [-0.15, -0.1) is 0 Å². The van der Waals surface area contributed by atoms with Gasteiger partial charge in [-0.1, -0.05) is 42.5 Å². The van der Waals surface area contributed by atoms with E-state index in [-0.39, 0.29) is 5.82 Å². The average molecular weight is 351 g/mol. The summed E-state index contributed by atoms with van der Waals surface area (Å²) in [5.74, 6) is 1.20. The van der Waals surface area contributed by atoms with Gasteiger partial charge in [0.25, 0.3) is 0 Å². The number of hydrogen-bond donors (Lipinski definition) is 1. The third-order valence-corrected chi connectivity index (χ3v) is 3.91. The maximum Gasteiger partial charge on any atom is 0.166 e. The fourth-order valence-corrected chi connectivity index (χ4v) is 2.63. The van der Waals surface area contributed by atoms with Crippen molar-refractivity contribution in [2.24, 2.45) is 0 Å². The molecule has 3 aromatic rings. The Morgan fingerprint density at radius 3 is 2.35 bits per heavy atom. The van der Waals surface area contributed by atoms with Gasteiger partial charge in [-0.3, -0.25) is 0 Å². The van der Waals surface area contributed by atoms with Crippen molar-refractivity contribution in [2.75, 3.05) is 11.9 Å². The maximum absolute atomic E-state index is 13.0. The Hall–Kier alpha value is -3.01. The van der Waals surface area contributed by atoms with E-state index in [4.69, 9.17) is 9.47 Å². The number of ether oxygens (including phenoxy) is 2. The highest BCUT2D eigenvalue weighted by molar-refractivity contribution is 5.50. The lowest BCUT2D eigenvalue weighted by Gasteiger charge is -2.17. The Labute approximate surface area is 153 Å².